The normalized spacial score (nSPS) is 10.7. The van der Waals surface area contributed by atoms with Crippen LogP contribution in [0.4, 0.5) is 8.78 Å². The van der Waals surface area contributed by atoms with Crippen molar-refractivity contribution in [2.45, 2.75) is 13.2 Å². The molecule has 0 spiro atoms. The first-order chi connectivity index (χ1) is 12.1. The van der Waals surface area contributed by atoms with Crippen LogP contribution in [0, 0.1) is 0 Å². The smallest absolute Gasteiger partial charge is 0.387 e. The Kier molecular flexibility index (Phi) is 5.03. The topological polar surface area (TPSA) is 53.4 Å². The molecule has 0 saturated heterocycles. The molecule has 0 fully saturated rings. The van der Waals surface area contributed by atoms with E-state index in [4.69, 9.17) is 4.74 Å². The lowest BCUT2D eigenvalue weighted by molar-refractivity contribution is -0.0504. The molecule has 5 nitrogen and oxygen atoms in total. The molecule has 25 heavy (non-hydrogen) atoms. The summed E-state index contributed by atoms with van der Waals surface area (Å²) < 4.78 is 36.0. The summed E-state index contributed by atoms with van der Waals surface area (Å²) in [6, 6.07) is 14.8. The SMILES string of the molecule is O=C(OCc1ccc(-n2cccn2)cc1)c1ccccc1OC(F)F. The first kappa shape index (κ1) is 16.6. The van der Waals surface area contributed by atoms with Crippen LogP contribution < -0.4 is 4.74 Å². The Morgan fingerprint density at radius 2 is 1.84 bits per heavy atom. The number of esters is 1. The summed E-state index contributed by atoms with van der Waals surface area (Å²) in [6.07, 6.45) is 3.49. The number of benzene rings is 2. The lowest BCUT2D eigenvalue weighted by Gasteiger charge is -2.10. The number of ether oxygens (including phenoxy) is 2. The van der Waals surface area contributed by atoms with Crippen LogP contribution in [-0.4, -0.2) is 22.4 Å². The zero-order chi connectivity index (χ0) is 17.6. The number of hydrogen-bond donors (Lipinski definition) is 0. The fourth-order valence-electron chi connectivity index (χ4n) is 2.23. The third-order valence-electron chi connectivity index (χ3n) is 3.40. The first-order valence-electron chi connectivity index (χ1n) is 7.43. The van der Waals surface area contributed by atoms with Crippen LogP contribution in [0.25, 0.3) is 5.69 Å². The van der Waals surface area contributed by atoms with Crippen LogP contribution in [0.2, 0.25) is 0 Å². The lowest BCUT2D eigenvalue weighted by atomic mass is 10.2. The number of alkyl halides is 2. The van der Waals surface area contributed by atoms with E-state index in [1.54, 1.807) is 29.1 Å². The van der Waals surface area contributed by atoms with E-state index in [1.165, 1.54) is 18.2 Å². The van der Waals surface area contributed by atoms with Crippen molar-refractivity contribution in [2.24, 2.45) is 0 Å². The second-order valence-corrected chi connectivity index (χ2v) is 5.07. The largest absolute Gasteiger partial charge is 0.457 e. The summed E-state index contributed by atoms with van der Waals surface area (Å²) in [5.74, 6) is -0.941. The number of carbonyl (C=O) groups is 1. The second-order valence-electron chi connectivity index (χ2n) is 5.07. The molecule has 3 rings (SSSR count). The quantitative estimate of drug-likeness (QED) is 0.638. The third-order valence-corrected chi connectivity index (χ3v) is 3.40. The van der Waals surface area contributed by atoms with Gasteiger partial charge in [0.1, 0.15) is 17.9 Å². The summed E-state index contributed by atoms with van der Waals surface area (Å²) in [4.78, 5) is 12.1. The van der Waals surface area contributed by atoms with E-state index in [2.05, 4.69) is 9.84 Å². The van der Waals surface area contributed by atoms with Crippen molar-refractivity contribution in [3.05, 3.63) is 78.1 Å². The van der Waals surface area contributed by atoms with Crippen molar-refractivity contribution in [3.8, 4) is 11.4 Å². The molecule has 0 saturated carbocycles. The highest BCUT2D eigenvalue weighted by atomic mass is 19.3. The minimum Gasteiger partial charge on any atom is -0.457 e. The predicted molar refractivity (Wildman–Crippen MR) is 85.8 cm³/mol. The molecule has 0 amide bonds. The molecule has 0 radical (unpaired) electrons. The minimum absolute atomic E-state index is 0.0151. The minimum atomic E-state index is -3.01. The highest BCUT2D eigenvalue weighted by molar-refractivity contribution is 5.92. The average molecular weight is 344 g/mol. The fourth-order valence-corrected chi connectivity index (χ4v) is 2.23. The maximum absolute atomic E-state index is 12.4. The van der Waals surface area contributed by atoms with E-state index >= 15 is 0 Å². The number of para-hydroxylation sites is 1. The molecule has 3 aromatic rings. The summed E-state index contributed by atoms with van der Waals surface area (Å²) in [6.45, 7) is -3.00. The van der Waals surface area contributed by atoms with Gasteiger partial charge in [0.05, 0.1) is 5.69 Å². The summed E-state index contributed by atoms with van der Waals surface area (Å²) in [5, 5.41) is 4.12. The maximum atomic E-state index is 12.4. The van der Waals surface area contributed by atoms with Crippen LogP contribution in [0.1, 0.15) is 15.9 Å². The monoisotopic (exact) mass is 344 g/mol. The van der Waals surface area contributed by atoms with E-state index in [1.807, 2.05) is 24.4 Å². The average Bonchev–Trinajstić information content (AvgIpc) is 3.15. The molecule has 128 valence electrons. The van der Waals surface area contributed by atoms with Crippen molar-refractivity contribution < 1.29 is 23.0 Å². The molecule has 0 N–H and O–H groups in total. The second kappa shape index (κ2) is 7.57. The van der Waals surface area contributed by atoms with Crippen molar-refractivity contribution >= 4 is 5.97 Å². The maximum Gasteiger partial charge on any atom is 0.387 e. The van der Waals surface area contributed by atoms with E-state index in [-0.39, 0.29) is 17.9 Å². The van der Waals surface area contributed by atoms with Gasteiger partial charge in [-0.15, -0.1) is 0 Å². The van der Waals surface area contributed by atoms with Crippen molar-refractivity contribution in [3.63, 3.8) is 0 Å². The molecule has 1 aromatic heterocycles. The van der Waals surface area contributed by atoms with E-state index < -0.39 is 12.6 Å². The van der Waals surface area contributed by atoms with Gasteiger partial charge in [0.15, 0.2) is 0 Å². The molecule has 2 aromatic carbocycles. The zero-order valence-electron chi connectivity index (χ0n) is 13.0. The predicted octanol–water partition coefficient (Wildman–Crippen LogP) is 3.83. The van der Waals surface area contributed by atoms with Crippen molar-refractivity contribution in [2.75, 3.05) is 0 Å². The molecule has 0 unspecified atom stereocenters. The van der Waals surface area contributed by atoms with Crippen LogP contribution in [0.15, 0.2) is 67.0 Å². The molecule has 0 bridgehead atoms. The van der Waals surface area contributed by atoms with Crippen LogP contribution in [0.3, 0.4) is 0 Å². The van der Waals surface area contributed by atoms with Crippen molar-refractivity contribution in [1.82, 2.24) is 9.78 Å². The molecule has 0 aliphatic heterocycles. The Balaban J connectivity index is 1.65. The van der Waals surface area contributed by atoms with E-state index in [0.717, 1.165) is 11.3 Å². The standard InChI is InChI=1S/C18H14F2N2O3/c19-18(20)25-16-5-2-1-4-15(16)17(23)24-12-13-6-8-14(9-7-13)22-11-3-10-21-22/h1-11,18H,12H2. The summed E-state index contributed by atoms with van der Waals surface area (Å²) in [7, 11) is 0. The van der Waals surface area contributed by atoms with Gasteiger partial charge >= 0.3 is 12.6 Å². The Hall–Kier alpha value is -3.22. The van der Waals surface area contributed by atoms with Crippen LogP contribution in [-0.2, 0) is 11.3 Å². The van der Waals surface area contributed by atoms with Gasteiger partial charge in [0.25, 0.3) is 0 Å². The molecule has 0 aliphatic rings. The summed E-state index contributed by atoms with van der Waals surface area (Å²) in [5.41, 5.74) is 1.59. The molecular weight excluding hydrogens is 330 g/mol. The van der Waals surface area contributed by atoms with E-state index in [9.17, 15) is 13.6 Å². The van der Waals surface area contributed by atoms with Gasteiger partial charge in [0, 0.05) is 12.4 Å². The molecule has 7 heteroatoms. The summed E-state index contributed by atoms with van der Waals surface area (Å²) >= 11 is 0. The number of hydrogen-bond acceptors (Lipinski definition) is 4. The molecule has 0 atom stereocenters. The van der Waals surface area contributed by atoms with E-state index in [0.29, 0.717) is 0 Å². The van der Waals surface area contributed by atoms with Crippen LogP contribution in [0.5, 0.6) is 5.75 Å². The molecule has 1 heterocycles. The van der Waals surface area contributed by atoms with Gasteiger partial charge in [-0.1, -0.05) is 24.3 Å². The zero-order valence-corrected chi connectivity index (χ0v) is 13.0. The Morgan fingerprint density at radius 1 is 1.08 bits per heavy atom. The van der Waals surface area contributed by atoms with Gasteiger partial charge in [-0.25, -0.2) is 9.48 Å². The van der Waals surface area contributed by atoms with Gasteiger partial charge in [-0.3, -0.25) is 0 Å². The molecule has 0 aliphatic carbocycles. The highest BCUT2D eigenvalue weighted by Gasteiger charge is 2.16. The van der Waals surface area contributed by atoms with Gasteiger partial charge < -0.3 is 9.47 Å². The first-order valence-corrected chi connectivity index (χ1v) is 7.43. The number of nitrogens with zero attached hydrogens (tertiary/aromatic N) is 2. The number of carbonyl (C=O) groups excluding carboxylic acids is 1. The Bertz CT molecular complexity index is 834. The lowest BCUT2D eigenvalue weighted by Crippen LogP contribution is -2.10. The van der Waals surface area contributed by atoms with Gasteiger partial charge in [-0.05, 0) is 35.9 Å². The number of aromatic nitrogens is 2. The number of halogens is 2. The van der Waals surface area contributed by atoms with Gasteiger partial charge in [0.2, 0.25) is 0 Å². The highest BCUT2D eigenvalue weighted by Crippen LogP contribution is 2.21. The fraction of sp³-hybridized carbons (Fsp3) is 0.111. The third kappa shape index (κ3) is 4.20. The Morgan fingerprint density at radius 3 is 2.52 bits per heavy atom. The van der Waals surface area contributed by atoms with Gasteiger partial charge in [-0.2, -0.15) is 13.9 Å². The van der Waals surface area contributed by atoms with Crippen LogP contribution >= 0.6 is 0 Å². The molecular formula is C18H14F2N2O3. The number of rotatable bonds is 6. The Labute approximate surface area is 142 Å². The van der Waals surface area contributed by atoms with Crippen molar-refractivity contribution in [1.29, 1.82) is 0 Å².